The van der Waals surface area contributed by atoms with Gasteiger partial charge in [0, 0.05) is 11.3 Å². The third-order valence-corrected chi connectivity index (χ3v) is 3.36. The second kappa shape index (κ2) is 9.97. The lowest BCUT2D eigenvalue weighted by Crippen LogP contribution is -2.16. The second-order valence-corrected chi connectivity index (χ2v) is 5.36. The van der Waals surface area contributed by atoms with E-state index in [1.165, 1.54) is 13.3 Å². The molecule has 7 heteroatoms. The summed E-state index contributed by atoms with van der Waals surface area (Å²) in [6.07, 6.45) is 6.58. The molecule has 0 spiro atoms. The molecule has 6 nitrogen and oxygen atoms in total. The molecule has 0 unspecified atom stereocenters. The minimum absolute atomic E-state index is 0.0726. The van der Waals surface area contributed by atoms with Crippen LogP contribution in [0.4, 0.5) is 5.69 Å². The van der Waals surface area contributed by atoms with Crippen LogP contribution in [0.2, 0.25) is 5.02 Å². The Labute approximate surface area is 156 Å². The fourth-order valence-corrected chi connectivity index (χ4v) is 2.25. The van der Waals surface area contributed by atoms with Gasteiger partial charge in [0.25, 0.3) is 5.91 Å². The number of carbonyl (C=O) groups is 1. The van der Waals surface area contributed by atoms with Crippen molar-refractivity contribution in [2.24, 2.45) is 5.16 Å². The normalized spacial score (nSPS) is 10.2. The van der Waals surface area contributed by atoms with Crippen molar-refractivity contribution in [1.82, 2.24) is 0 Å². The summed E-state index contributed by atoms with van der Waals surface area (Å²) in [5, 5.41) is 6.76. The minimum atomic E-state index is -0.318. The van der Waals surface area contributed by atoms with Crippen LogP contribution in [0.5, 0.6) is 11.5 Å². The van der Waals surface area contributed by atoms with E-state index >= 15 is 0 Å². The molecule has 2 aromatic carbocycles. The molecule has 0 radical (unpaired) electrons. The molecule has 0 bridgehead atoms. The third-order valence-electron chi connectivity index (χ3n) is 3.08. The first-order chi connectivity index (χ1) is 12.6. The van der Waals surface area contributed by atoms with E-state index in [9.17, 15) is 4.79 Å². The van der Waals surface area contributed by atoms with Gasteiger partial charge in [-0.15, -0.1) is 6.42 Å². The van der Waals surface area contributed by atoms with Crippen LogP contribution >= 0.6 is 11.6 Å². The number of para-hydroxylation sites is 1. The number of nitrogens with zero attached hydrogens (tertiary/aromatic N) is 1. The molecule has 134 valence electrons. The van der Waals surface area contributed by atoms with Crippen LogP contribution in [0.1, 0.15) is 5.56 Å². The first kappa shape index (κ1) is 19.2. The van der Waals surface area contributed by atoms with Gasteiger partial charge < -0.3 is 19.6 Å². The molecular weight excluding hydrogens is 356 g/mol. The average molecular weight is 373 g/mol. The lowest BCUT2D eigenvalue weighted by atomic mass is 10.2. The number of anilines is 1. The summed E-state index contributed by atoms with van der Waals surface area (Å²) in [5.41, 5.74) is 1.30. The average Bonchev–Trinajstić information content (AvgIpc) is 2.65. The monoisotopic (exact) mass is 372 g/mol. The van der Waals surface area contributed by atoms with Crippen molar-refractivity contribution in [2.45, 2.75) is 0 Å². The molecule has 0 aromatic heterocycles. The van der Waals surface area contributed by atoms with E-state index in [0.717, 1.165) is 0 Å². The van der Waals surface area contributed by atoms with Gasteiger partial charge in [-0.2, -0.15) is 0 Å². The van der Waals surface area contributed by atoms with Gasteiger partial charge in [0.05, 0.1) is 18.3 Å². The number of carbonyl (C=O) groups excluding carboxylic acids is 1. The number of benzene rings is 2. The highest BCUT2D eigenvalue weighted by Crippen LogP contribution is 2.35. The van der Waals surface area contributed by atoms with E-state index < -0.39 is 0 Å². The van der Waals surface area contributed by atoms with Crippen molar-refractivity contribution in [3.05, 3.63) is 53.1 Å². The third kappa shape index (κ3) is 5.72. The number of hydrogen-bond donors (Lipinski definition) is 1. The van der Waals surface area contributed by atoms with Gasteiger partial charge in [-0.25, -0.2) is 0 Å². The number of amides is 1. The summed E-state index contributed by atoms with van der Waals surface area (Å²) >= 11 is 6.16. The number of nitrogens with one attached hydrogen (secondary N) is 1. The molecule has 0 aliphatic carbocycles. The van der Waals surface area contributed by atoms with Crippen LogP contribution in [-0.2, 0) is 9.63 Å². The van der Waals surface area contributed by atoms with Crippen molar-refractivity contribution in [1.29, 1.82) is 0 Å². The summed E-state index contributed by atoms with van der Waals surface area (Å²) < 4.78 is 10.6. The quantitative estimate of drug-likeness (QED) is 0.438. The zero-order chi connectivity index (χ0) is 18.8. The van der Waals surface area contributed by atoms with Gasteiger partial charge >= 0.3 is 0 Å². The van der Waals surface area contributed by atoms with Crippen LogP contribution in [0.15, 0.2) is 47.6 Å². The van der Waals surface area contributed by atoms with E-state index in [2.05, 4.69) is 16.4 Å². The lowest BCUT2D eigenvalue weighted by Gasteiger charge is -2.11. The maximum atomic E-state index is 11.7. The summed E-state index contributed by atoms with van der Waals surface area (Å²) in [4.78, 5) is 16.7. The number of methoxy groups -OCH3 is 1. The van der Waals surface area contributed by atoms with Gasteiger partial charge in [0.1, 0.15) is 6.61 Å². The van der Waals surface area contributed by atoms with Gasteiger partial charge in [0.15, 0.2) is 18.1 Å². The first-order valence-electron chi connectivity index (χ1n) is 7.58. The van der Waals surface area contributed by atoms with Crippen molar-refractivity contribution in [3.8, 4) is 23.8 Å². The Morgan fingerprint density at radius 1 is 1.35 bits per heavy atom. The predicted octanol–water partition coefficient (Wildman–Crippen LogP) is 3.35. The van der Waals surface area contributed by atoms with Gasteiger partial charge in [-0.1, -0.05) is 40.9 Å². The Kier molecular flexibility index (Phi) is 7.34. The fraction of sp³-hybridized carbons (Fsp3) is 0.158. The lowest BCUT2D eigenvalue weighted by molar-refractivity contribution is -0.120. The number of oxime groups is 1. The molecule has 0 aliphatic heterocycles. The largest absolute Gasteiger partial charge is 0.493 e. The topological polar surface area (TPSA) is 69.2 Å². The fourth-order valence-electron chi connectivity index (χ4n) is 1.98. The summed E-state index contributed by atoms with van der Waals surface area (Å²) in [6, 6.07) is 12.3. The summed E-state index contributed by atoms with van der Waals surface area (Å²) in [5.74, 6) is 2.81. The van der Waals surface area contributed by atoms with E-state index in [-0.39, 0.29) is 19.1 Å². The van der Waals surface area contributed by atoms with Gasteiger partial charge in [-0.05, 0) is 24.3 Å². The Balaban J connectivity index is 1.92. The molecule has 0 heterocycles. The first-order valence-corrected chi connectivity index (χ1v) is 7.96. The van der Waals surface area contributed by atoms with Crippen molar-refractivity contribution < 1.29 is 19.1 Å². The predicted molar refractivity (Wildman–Crippen MR) is 101 cm³/mol. The second-order valence-electron chi connectivity index (χ2n) is 4.95. The number of rotatable bonds is 8. The highest BCUT2D eigenvalue weighted by molar-refractivity contribution is 6.32. The molecular formula is C19H17ClN2O4. The van der Waals surface area contributed by atoms with E-state index in [1.807, 2.05) is 18.2 Å². The van der Waals surface area contributed by atoms with E-state index in [0.29, 0.717) is 27.8 Å². The maximum absolute atomic E-state index is 11.7. The van der Waals surface area contributed by atoms with Crippen LogP contribution in [0, 0.1) is 12.3 Å². The molecule has 0 saturated carbocycles. The van der Waals surface area contributed by atoms with E-state index in [1.54, 1.807) is 24.3 Å². The van der Waals surface area contributed by atoms with Crippen molar-refractivity contribution >= 4 is 29.4 Å². The van der Waals surface area contributed by atoms with Crippen LogP contribution in [-0.4, -0.2) is 32.4 Å². The van der Waals surface area contributed by atoms with Gasteiger partial charge in [-0.3, -0.25) is 4.79 Å². The van der Waals surface area contributed by atoms with Crippen LogP contribution in [0.3, 0.4) is 0 Å². The highest BCUT2D eigenvalue weighted by Gasteiger charge is 2.11. The number of hydrogen-bond acceptors (Lipinski definition) is 5. The summed E-state index contributed by atoms with van der Waals surface area (Å²) in [7, 11) is 1.49. The zero-order valence-electron chi connectivity index (χ0n) is 14.1. The number of halogens is 1. The Morgan fingerprint density at radius 2 is 2.12 bits per heavy atom. The zero-order valence-corrected chi connectivity index (χ0v) is 14.8. The standard InChI is InChI=1S/C19H17ClN2O4/c1-3-9-25-19-16(20)10-14(11-17(19)24-2)12-21-26-13-18(23)22-15-7-5-4-6-8-15/h1,4-8,10-12H,9,13H2,2H3,(H,22,23)/b21-12+. The minimum Gasteiger partial charge on any atom is -0.493 e. The van der Waals surface area contributed by atoms with Crippen molar-refractivity contribution in [2.75, 3.05) is 25.6 Å². The molecule has 2 aromatic rings. The molecule has 0 aliphatic rings. The molecule has 1 amide bonds. The summed E-state index contributed by atoms with van der Waals surface area (Å²) in [6.45, 7) is -0.150. The Bertz CT molecular complexity index is 816. The molecule has 2 rings (SSSR count). The molecule has 0 atom stereocenters. The SMILES string of the molecule is C#CCOc1c(Cl)cc(/C=N/OCC(=O)Nc2ccccc2)cc1OC. The molecule has 26 heavy (non-hydrogen) atoms. The molecule has 0 fully saturated rings. The van der Waals surface area contributed by atoms with Crippen LogP contribution in [0.25, 0.3) is 0 Å². The molecule has 0 saturated heterocycles. The Morgan fingerprint density at radius 3 is 2.81 bits per heavy atom. The number of terminal acetylenes is 1. The van der Waals surface area contributed by atoms with Crippen molar-refractivity contribution in [3.63, 3.8) is 0 Å². The maximum Gasteiger partial charge on any atom is 0.265 e. The van der Waals surface area contributed by atoms with E-state index in [4.69, 9.17) is 32.3 Å². The van der Waals surface area contributed by atoms with Crippen LogP contribution < -0.4 is 14.8 Å². The highest BCUT2D eigenvalue weighted by atomic mass is 35.5. The Hall–Kier alpha value is -3.17. The molecule has 1 N–H and O–H groups in total. The van der Waals surface area contributed by atoms with Gasteiger partial charge in [0.2, 0.25) is 0 Å². The smallest absolute Gasteiger partial charge is 0.265 e. The number of ether oxygens (including phenoxy) is 2.